The maximum absolute atomic E-state index is 12.6. The molecule has 1 heterocycles. The van der Waals surface area contributed by atoms with Crippen molar-refractivity contribution in [3.05, 3.63) is 22.8 Å². The minimum Gasteiger partial charge on any atom is -0.373 e. The van der Waals surface area contributed by atoms with Crippen LogP contribution in [0.3, 0.4) is 0 Å². The Balaban J connectivity index is 3.05. The van der Waals surface area contributed by atoms with E-state index in [9.17, 15) is 4.79 Å². The van der Waals surface area contributed by atoms with Gasteiger partial charge in [-0.05, 0) is 31.9 Å². The highest BCUT2D eigenvalue weighted by Gasteiger charge is 2.20. The number of nitrogens with one attached hydrogen (secondary N) is 1. The summed E-state index contributed by atoms with van der Waals surface area (Å²) < 4.78 is 0. The summed E-state index contributed by atoms with van der Waals surface area (Å²) in [6, 6.07) is 3.49. The van der Waals surface area contributed by atoms with Crippen molar-refractivity contribution in [3.8, 4) is 0 Å². The van der Waals surface area contributed by atoms with E-state index in [0.717, 1.165) is 6.54 Å². The Morgan fingerprint density at radius 1 is 1.37 bits per heavy atom. The smallest absolute Gasteiger partial charge is 0.254 e. The number of aromatic nitrogens is 1. The van der Waals surface area contributed by atoms with E-state index < -0.39 is 0 Å². The Labute approximate surface area is 120 Å². The molecule has 0 aliphatic carbocycles. The summed E-state index contributed by atoms with van der Waals surface area (Å²) in [7, 11) is 1.75. The monoisotopic (exact) mass is 283 g/mol. The zero-order valence-corrected chi connectivity index (χ0v) is 13.0. The molecular formula is C14H22ClN3O. The summed E-state index contributed by atoms with van der Waals surface area (Å²) in [5, 5.41) is 3.23. The average Bonchev–Trinajstić information content (AvgIpc) is 2.33. The number of pyridine rings is 1. The Bertz CT molecular complexity index is 446. The molecule has 0 bridgehead atoms. The fourth-order valence-electron chi connectivity index (χ4n) is 1.84. The van der Waals surface area contributed by atoms with Crippen molar-refractivity contribution in [2.75, 3.05) is 18.9 Å². The summed E-state index contributed by atoms with van der Waals surface area (Å²) >= 11 is 5.94. The van der Waals surface area contributed by atoms with Crippen LogP contribution in [0.5, 0.6) is 0 Å². The Morgan fingerprint density at radius 2 is 2.00 bits per heavy atom. The maximum Gasteiger partial charge on any atom is 0.254 e. The Hall–Kier alpha value is -1.29. The molecule has 106 valence electrons. The van der Waals surface area contributed by atoms with Crippen molar-refractivity contribution >= 4 is 23.3 Å². The lowest BCUT2D eigenvalue weighted by atomic mass is 10.1. The van der Waals surface area contributed by atoms with Crippen molar-refractivity contribution in [2.45, 2.75) is 33.7 Å². The molecule has 1 N–H and O–H groups in total. The first-order valence-corrected chi connectivity index (χ1v) is 6.89. The first-order valence-electron chi connectivity index (χ1n) is 6.51. The predicted molar refractivity (Wildman–Crippen MR) is 79.8 cm³/mol. The fourth-order valence-corrected chi connectivity index (χ4v) is 2.04. The van der Waals surface area contributed by atoms with Gasteiger partial charge in [0, 0.05) is 25.2 Å². The molecular weight excluding hydrogens is 262 g/mol. The van der Waals surface area contributed by atoms with E-state index in [0.29, 0.717) is 22.5 Å². The van der Waals surface area contributed by atoms with Gasteiger partial charge in [0.25, 0.3) is 5.91 Å². The maximum atomic E-state index is 12.6. The number of hydrogen-bond donors (Lipinski definition) is 1. The third-order valence-electron chi connectivity index (χ3n) is 2.74. The number of carbonyl (C=O) groups is 1. The highest BCUT2D eigenvalue weighted by molar-refractivity contribution is 6.29. The lowest BCUT2D eigenvalue weighted by molar-refractivity contribution is 0.0682. The van der Waals surface area contributed by atoms with E-state index in [1.54, 1.807) is 19.2 Å². The van der Waals surface area contributed by atoms with Gasteiger partial charge in [0.2, 0.25) is 0 Å². The molecule has 1 aromatic rings. The van der Waals surface area contributed by atoms with Crippen LogP contribution in [0, 0.1) is 5.92 Å². The van der Waals surface area contributed by atoms with Crippen LogP contribution in [-0.4, -0.2) is 35.4 Å². The molecule has 0 fully saturated rings. The van der Waals surface area contributed by atoms with E-state index >= 15 is 0 Å². The molecule has 0 aliphatic heterocycles. The number of carbonyl (C=O) groups excluding carboxylic acids is 1. The van der Waals surface area contributed by atoms with Crippen LogP contribution in [0.15, 0.2) is 12.1 Å². The quantitative estimate of drug-likeness (QED) is 0.844. The molecule has 0 aliphatic rings. The molecule has 5 heteroatoms. The standard InChI is InChI=1S/C14H22ClN3O/c1-9(2)8-18(10(3)4)14(19)11-6-12(15)17-13(7-11)16-5/h6-7,9-10H,8H2,1-5H3,(H,16,17). The second kappa shape index (κ2) is 6.75. The van der Waals surface area contributed by atoms with Gasteiger partial charge in [-0.15, -0.1) is 0 Å². The third-order valence-corrected chi connectivity index (χ3v) is 2.94. The van der Waals surface area contributed by atoms with Gasteiger partial charge >= 0.3 is 0 Å². The number of rotatable bonds is 5. The van der Waals surface area contributed by atoms with E-state index in [4.69, 9.17) is 11.6 Å². The van der Waals surface area contributed by atoms with E-state index in [-0.39, 0.29) is 11.9 Å². The van der Waals surface area contributed by atoms with Crippen molar-refractivity contribution < 1.29 is 4.79 Å². The normalized spacial score (nSPS) is 10.9. The van der Waals surface area contributed by atoms with Crippen molar-refractivity contribution in [2.24, 2.45) is 5.92 Å². The summed E-state index contributed by atoms with van der Waals surface area (Å²) in [5.74, 6) is 1.01. The minimum absolute atomic E-state index is 0.00972. The molecule has 4 nitrogen and oxygen atoms in total. The van der Waals surface area contributed by atoms with Gasteiger partial charge in [0.1, 0.15) is 11.0 Å². The van der Waals surface area contributed by atoms with Gasteiger partial charge in [-0.25, -0.2) is 4.98 Å². The number of hydrogen-bond acceptors (Lipinski definition) is 3. The topological polar surface area (TPSA) is 45.2 Å². The molecule has 0 radical (unpaired) electrons. The summed E-state index contributed by atoms with van der Waals surface area (Å²) in [4.78, 5) is 18.5. The van der Waals surface area contributed by atoms with Crippen LogP contribution in [0.2, 0.25) is 5.15 Å². The van der Waals surface area contributed by atoms with Crippen LogP contribution in [0.1, 0.15) is 38.1 Å². The fraction of sp³-hybridized carbons (Fsp3) is 0.571. The molecule has 0 aromatic carbocycles. The molecule has 0 saturated carbocycles. The predicted octanol–water partition coefficient (Wildman–Crippen LogP) is 3.28. The summed E-state index contributed by atoms with van der Waals surface area (Å²) in [5.41, 5.74) is 0.568. The molecule has 0 atom stereocenters. The van der Waals surface area contributed by atoms with Crippen LogP contribution >= 0.6 is 11.6 Å². The van der Waals surface area contributed by atoms with Crippen molar-refractivity contribution in [1.29, 1.82) is 0 Å². The Kier molecular flexibility index (Phi) is 5.60. The summed E-state index contributed by atoms with van der Waals surface area (Å²) in [6.45, 7) is 8.96. The van der Waals surface area contributed by atoms with Gasteiger partial charge in [-0.1, -0.05) is 25.4 Å². The van der Waals surface area contributed by atoms with Gasteiger partial charge in [0.05, 0.1) is 0 Å². The third kappa shape index (κ3) is 4.39. The first-order chi connectivity index (χ1) is 8.85. The van der Waals surface area contributed by atoms with Gasteiger partial charge < -0.3 is 10.2 Å². The van der Waals surface area contributed by atoms with Crippen molar-refractivity contribution in [3.63, 3.8) is 0 Å². The van der Waals surface area contributed by atoms with Gasteiger partial charge in [0.15, 0.2) is 0 Å². The second-order valence-corrected chi connectivity index (χ2v) is 5.65. The van der Waals surface area contributed by atoms with Crippen LogP contribution in [-0.2, 0) is 0 Å². The highest BCUT2D eigenvalue weighted by atomic mass is 35.5. The molecule has 1 amide bonds. The molecule has 19 heavy (non-hydrogen) atoms. The zero-order valence-electron chi connectivity index (χ0n) is 12.2. The van der Waals surface area contributed by atoms with E-state index in [1.807, 2.05) is 18.7 Å². The van der Waals surface area contributed by atoms with Crippen molar-refractivity contribution in [1.82, 2.24) is 9.88 Å². The van der Waals surface area contributed by atoms with Gasteiger partial charge in [-0.3, -0.25) is 4.79 Å². The molecule has 0 saturated heterocycles. The van der Waals surface area contributed by atoms with E-state index in [1.165, 1.54) is 0 Å². The molecule has 1 aromatic heterocycles. The van der Waals surface area contributed by atoms with Crippen LogP contribution in [0.25, 0.3) is 0 Å². The zero-order chi connectivity index (χ0) is 14.6. The number of amides is 1. The number of anilines is 1. The largest absolute Gasteiger partial charge is 0.373 e. The lowest BCUT2D eigenvalue weighted by Gasteiger charge is -2.28. The molecule has 0 spiro atoms. The summed E-state index contributed by atoms with van der Waals surface area (Å²) in [6.07, 6.45) is 0. The van der Waals surface area contributed by atoms with Crippen LogP contribution in [0.4, 0.5) is 5.82 Å². The molecule has 0 unspecified atom stereocenters. The Morgan fingerprint density at radius 3 is 2.47 bits per heavy atom. The van der Waals surface area contributed by atoms with E-state index in [2.05, 4.69) is 24.1 Å². The molecule has 1 rings (SSSR count). The minimum atomic E-state index is -0.00972. The average molecular weight is 284 g/mol. The second-order valence-electron chi connectivity index (χ2n) is 5.26. The highest BCUT2D eigenvalue weighted by Crippen LogP contribution is 2.17. The first kappa shape index (κ1) is 15.8. The lowest BCUT2D eigenvalue weighted by Crippen LogP contribution is -2.39. The SMILES string of the molecule is CNc1cc(C(=O)N(CC(C)C)C(C)C)cc(Cl)n1. The number of nitrogens with zero attached hydrogens (tertiary/aromatic N) is 2. The van der Waals surface area contributed by atoms with Gasteiger partial charge in [-0.2, -0.15) is 0 Å². The number of halogens is 1. The van der Waals surface area contributed by atoms with Crippen LogP contribution < -0.4 is 5.32 Å².